The lowest BCUT2D eigenvalue weighted by molar-refractivity contribution is 0.102. The van der Waals surface area contributed by atoms with E-state index in [1.807, 2.05) is 24.3 Å². The summed E-state index contributed by atoms with van der Waals surface area (Å²) < 4.78 is 21.6. The average molecular weight is 394 g/mol. The Bertz CT molecular complexity index is 1160. The number of methoxy groups -OCH3 is 3. The number of rotatable bonds is 6. The number of aromatic amines is 1. The summed E-state index contributed by atoms with van der Waals surface area (Å²) in [4.78, 5) is 15.7. The van der Waals surface area contributed by atoms with Crippen LogP contribution in [0.4, 0.5) is 6.01 Å². The number of anilines is 1. The van der Waals surface area contributed by atoms with Crippen LogP contribution < -0.4 is 19.5 Å². The summed E-state index contributed by atoms with van der Waals surface area (Å²) in [6, 6.07) is 10.8. The van der Waals surface area contributed by atoms with Crippen molar-refractivity contribution in [3.63, 3.8) is 0 Å². The van der Waals surface area contributed by atoms with Gasteiger partial charge in [0.05, 0.1) is 26.9 Å². The van der Waals surface area contributed by atoms with Crippen LogP contribution in [0.2, 0.25) is 0 Å². The van der Waals surface area contributed by atoms with Crippen LogP contribution in [-0.2, 0) is 0 Å². The molecule has 0 atom stereocenters. The predicted octanol–water partition coefficient (Wildman–Crippen LogP) is 3.50. The van der Waals surface area contributed by atoms with Gasteiger partial charge in [0, 0.05) is 22.7 Å². The van der Waals surface area contributed by atoms with Gasteiger partial charge in [-0.3, -0.25) is 10.1 Å². The van der Waals surface area contributed by atoms with Gasteiger partial charge in [0.15, 0.2) is 11.5 Å². The van der Waals surface area contributed by atoms with Crippen molar-refractivity contribution in [3.8, 4) is 28.7 Å². The molecule has 9 nitrogen and oxygen atoms in total. The zero-order valence-corrected chi connectivity index (χ0v) is 16.0. The number of para-hydroxylation sites is 1. The fourth-order valence-electron chi connectivity index (χ4n) is 3.02. The molecule has 9 heteroatoms. The van der Waals surface area contributed by atoms with Crippen molar-refractivity contribution in [3.05, 3.63) is 48.2 Å². The smallest absolute Gasteiger partial charge is 0.322 e. The van der Waals surface area contributed by atoms with E-state index in [2.05, 4.69) is 20.5 Å². The number of carbonyl (C=O) groups excluding carboxylic acids is 1. The Kier molecular flexibility index (Phi) is 4.78. The molecule has 0 aliphatic rings. The molecule has 0 aliphatic carbocycles. The lowest BCUT2D eigenvalue weighted by Crippen LogP contribution is -2.11. The third kappa shape index (κ3) is 3.33. The number of ether oxygens (including phenoxy) is 3. The average Bonchev–Trinajstić information content (AvgIpc) is 3.39. The number of H-pyrrole nitrogens is 1. The molecule has 0 fully saturated rings. The summed E-state index contributed by atoms with van der Waals surface area (Å²) >= 11 is 0. The first-order valence-corrected chi connectivity index (χ1v) is 8.66. The molecule has 0 radical (unpaired) electrons. The number of nitrogens with one attached hydrogen (secondary N) is 2. The molecule has 0 saturated heterocycles. The van der Waals surface area contributed by atoms with Crippen LogP contribution >= 0.6 is 0 Å². The van der Waals surface area contributed by atoms with Crippen molar-refractivity contribution in [1.82, 2.24) is 15.2 Å². The monoisotopic (exact) mass is 394 g/mol. The summed E-state index contributed by atoms with van der Waals surface area (Å²) in [6.45, 7) is 0. The van der Waals surface area contributed by atoms with E-state index in [-0.39, 0.29) is 17.8 Å². The largest absolute Gasteiger partial charge is 0.493 e. The maximum Gasteiger partial charge on any atom is 0.322 e. The number of hydrogen-bond donors (Lipinski definition) is 2. The summed E-state index contributed by atoms with van der Waals surface area (Å²) in [6.07, 6.45) is 1.64. The summed E-state index contributed by atoms with van der Waals surface area (Å²) in [5.41, 5.74) is 1.90. The molecule has 1 amide bonds. The van der Waals surface area contributed by atoms with Gasteiger partial charge in [0.25, 0.3) is 5.91 Å². The van der Waals surface area contributed by atoms with Crippen LogP contribution in [0.15, 0.2) is 47.0 Å². The third-order valence-electron chi connectivity index (χ3n) is 4.39. The SMILES string of the molecule is COc1cc(-c2nnc(NC(=O)c3c[nH]c4ccccc34)o2)cc(OC)c1OC. The molecular weight excluding hydrogens is 376 g/mol. The van der Waals surface area contributed by atoms with Gasteiger partial charge in [0.2, 0.25) is 11.6 Å². The Morgan fingerprint density at radius 3 is 2.45 bits per heavy atom. The van der Waals surface area contributed by atoms with E-state index in [0.29, 0.717) is 28.4 Å². The van der Waals surface area contributed by atoms with E-state index in [1.54, 1.807) is 18.3 Å². The summed E-state index contributed by atoms with van der Waals surface area (Å²) in [5, 5.41) is 11.3. The Hall–Kier alpha value is -4.01. The zero-order valence-electron chi connectivity index (χ0n) is 16.0. The Morgan fingerprint density at radius 1 is 1.03 bits per heavy atom. The van der Waals surface area contributed by atoms with Crippen LogP contribution in [-0.4, -0.2) is 42.4 Å². The first-order valence-electron chi connectivity index (χ1n) is 8.66. The van der Waals surface area contributed by atoms with Crippen molar-refractivity contribution in [2.45, 2.75) is 0 Å². The molecule has 29 heavy (non-hydrogen) atoms. The minimum atomic E-state index is -0.359. The fraction of sp³-hybridized carbons (Fsp3) is 0.150. The standard InChI is InChI=1S/C20H18N4O5/c1-26-15-8-11(9-16(27-2)17(15)28-3)19-23-24-20(29-19)22-18(25)13-10-21-14-7-5-4-6-12(13)14/h4-10,21H,1-3H3,(H,22,24,25). The lowest BCUT2D eigenvalue weighted by atomic mass is 10.1. The second-order valence-corrected chi connectivity index (χ2v) is 6.03. The van der Waals surface area contributed by atoms with Gasteiger partial charge in [-0.05, 0) is 18.2 Å². The first-order chi connectivity index (χ1) is 14.1. The second kappa shape index (κ2) is 7.55. The molecule has 148 valence electrons. The molecule has 2 aromatic carbocycles. The van der Waals surface area contributed by atoms with Gasteiger partial charge >= 0.3 is 6.01 Å². The van der Waals surface area contributed by atoms with Gasteiger partial charge < -0.3 is 23.6 Å². The first kappa shape index (κ1) is 18.4. The van der Waals surface area contributed by atoms with E-state index >= 15 is 0 Å². The number of hydrogen-bond acceptors (Lipinski definition) is 7. The minimum absolute atomic E-state index is 0.0240. The molecule has 2 heterocycles. The van der Waals surface area contributed by atoms with Gasteiger partial charge in [-0.15, -0.1) is 5.10 Å². The van der Waals surface area contributed by atoms with E-state index in [0.717, 1.165) is 10.9 Å². The van der Waals surface area contributed by atoms with Crippen molar-refractivity contribution in [2.24, 2.45) is 0 Å². The molecule has 0 bridgehead atoms. The van der Waals surface area contributed by atoms with Gasteiger partial charge in [-0.2, -0.15) is 0 Å². The second-order valence-electron chi connectivity index (χ2n) is 6.03. The van der Waals surface area contributed by atoms with Crippen LogP contribution in [0, 0.1) is 0 Å². The van der Waals surface area contributed by atoms with E-state index < -0.39 is 0 Å². The number of benzene rings is 2. The minimum Gasteiger partial charge on any atom is -0.493 e. The van der Waals surface area contributed by atoms with Crippen LogP contribution in [0.3, 0.4) is 0 Å². The fourth-order valence-corrected chi connectivity index (χ4v) is 3.02. The van der Waals surface area contributed by atoms with Gasteiger partial charge in [-0.25, -0.2) is 0 Å². The Morgan fingerprint density at radius 2 is 1.76 bits per heavy atom. The summed E-state index contributed by atoms with van der Waals surface area (Å²) in [5.74, 6) is 1.18. The summed E-state index contributed by atoms with van der Waals surface area (Å²) in [7, 11) is 4.55. The third-order valence-corrected chi connectivity index (χ3v) is 4.39. The highest BCUT2D eigenvalue weighted by Gasteiger charge is 2.19. The van der Waals surface area contributed by atoms with Gasteiger partial charge in [-0.1, -0.05) is 23.3 Å². The molecule has 0 spiro atoms. The lowest BCUT2D eigenvalue weighted by Gasteiger charge is -2.12. The molecule has 0 unspecified atom stereocenters. The number of amides is 1. The Labute approximate surface area is 165 Å². The highest BCUT2D eigenvalue weighted by Crippen LogP contribution is 2.41. The van der Waals surface area contributed by atoms with Crippen LogP contribution in [0.1, 0.15) is 10.4 Å². The molecule has 0 saturated carbocycles. The highest BCUT2D eigenvalue weighted by molar-refractivity contribution is 6.12. The number of fused-ring (bicyclic) bond motifs is 1. The van der Waals surface area contributed by atoms with Crippen LogP contribution in [0.25, 0.3) is 22.4 Å². The van der Waals surface area contributed by atoms with Crippen LogP contribution in [0.5, 0.6) is 17.2 Å². The quantitative estimate of drug-likeness (QED) is 0.515. The zero-order chi connectivity index (χ0) is 20.4. The molecule has 4 rings (SSSR count). The van der Waals surface area contributed by atoms with Gasteiger partial charge in [0.1, 0.15) is 0 Å². The molecule has 4 aromatic rings. The molecule has 0 aliphatic heterocycles. The topological polar surface area (TPSA) is 112 Å². The highest BCUT2D eigenvalue weighted by atomic mass is 16.5. The maximum absolute atomic E-state index is 12.6. The molecule has 2 aromatic heterocycles. The normalized spacial score (nSPS) is 10.7. The molecule has 2 N–H and O–H groups in total. The van der Waals surface area contributed by atoms with E-state index in [9.17, 15) is 4.79 Å². The van der Waals surface area contributed by atoms with E-state index in [4.69, 9.17) is 18.6 Å². The van der Waals surface area contributed by atoms with Crippen molar-refractivity contribution >= 4 is 22.8 Å². The number of carbonyl (C=O) groups is 1. The van der Waals surface area contributed by atoms with E-state index in [1.165, 1.54) is 21.3 Å². The number of aromatic nitrogens is 3. The maximum atomic E-state index is 12.6. The van der Waals surface area contributed by atoms with Crippen molar-refractivity contribution in [1.29, 1.82) is 0 Å². The number of nitrogens with zero attached hydrogens (tertiary/aromatic N) is 2. The molecular formula is C20H18N4O5. The Balaban J connectivity index is 1.61. The van der Waals surface area contributed by atoms with Crippen molar-refractivity contribution < 1.29 is 23.4 Å². The van der Waals surface area contributed by atoms with Crippen molar-refractivity contribution in [2.75, 3.05) is 26.6 Å². The predicted molar refractivity (Wildman–Crippen MR) is 106 cm³/mol.